The minimum Gasteiger partial charge on any atom is -0.486 e. The number of anilines is 1. The molecule has 1 unspecified atom stereocenters. The fourth-order valence-corrected chi connectivity index (χ4v) is 1.96. The first kappa shape index (κ1) is 12.9. The Hall–Kier alpha value is -1.55. The highest BCUT2D eigenvalue weighted by molar-refractivity contribution is 5.98. The van der Waals surface area contributed by atoms with Gasteiger partial charge in [0.05, 0.1) is 18.8 Å². The predicted molar refractivity (Wildman–Crippen MR) is 72.5 cm³/mol. The SMILES string of the molecule is CCNCC(=O)c1ccc2c(c1)NCC(CC)O2. The van der Waals surface area contributed by atoms with E-state index in [4.69, 9.17) is 4.74 Å². The number of benzene rings is 1. The summed E-state index contributed by atoms with van der Waals surface area (Å²) in [5, 5.41) is 6.36. The molecule has 18 heavy (non-hydrogen) atoms. The Morgan fingerprint density at radius 2 is 2.33 bits per heavy atom. The van der Waals surface area contributed by atoms with Crippen LogP contribution in [0.4, 0.5) is 5.69 Å². The average Bonchev–Trinajstić information content (AvgIpc) is 2.43. The van der Waals surface area contributed by atoms with Crippen LogP contribution < -0.4 is 15.4 Å². The zero-order valence-corrected chi connectivity index (χ0v) is 11.0. The summed E-state index contributed by atoms with van der Waals surface area (Å²) in [5.74, 6) is 0.951. The second-order valence-electron chi connectivity index (χ2n) is 4.44. The Labute approximate surface area is 108 Å². The third-order valence-electron chi connectivity index (χ3n) is 3.11. The molecule has 2 N–H and O–H groups in total. The highest BCUT2D eigenvalue weighted by Gasteiger charge is 2.18. The quantitative estimate of drug-likeness (QED) is 0.783. The molecular formula is C14H20N2O2. The molecule has 0 radical (unpaired) electrons. The van der Waals surface area contributed by atoms with Gasteiger partial charge in [-0.25, -0.2) is 0 Å². The van der Waals surface area contributed by atoms with Gasteiger partial charge in [0.1, 0.15) is 11.9 Å². The van der Waals surface area contributed by atoms with E-state index < -0.39 is 0 Å². The Bertz CT molecular complexity index is 432. The van der Waals surface area contributed by atoms with Crippen molar-refractivity contribution in [3.63, 3.8) is 0 Å². The molecule has 0 saturated heterocycles. The van der Waals surface area contributed by atoms with Gasteiger partial charge >= 0.3 is 0 Å². The number of ether oxygens (including phenoxy) is 1. The molecule has 0 amide bonds. The number of nitrogens with one attached hydrogen (secondary N) is 2. The van der Waals surface area contributed by atoms with Gasteiger partial charge in [-0.1, -0.05) is 13.8 Å². The van der Waals surface area contributed by atoms with Crippen LogP contribution >= 0.6 is 0 Å². The topological polar surface area (TPSA) is 50.4 Å². The largest absolute Gasteiger partial charge is 0.486 e. The summed E-state index contributed by atoms with van der Waals surface area (Å²) in [7, 11) is 0. The maximum absolute atomic E-state index is 11.9. The molecule has 1 atom stereocenters. The zero-order valence-electron chi connectivity index (χ0n) is 11.0. The van der Waals surface area contributed by atoms with E-state index >= 15 is 0 Å². The fraction of sp³-hybridized carbons (Fsp3) is 0.500. The highest BCUT2D eigenvalue weighted by atomic mass is 16.5. The number of hydrogen-bond acceptors (Lipinski definition) is 4. The van der Waals surface area contributed by atoms with Gasteiger partial charge in [-0.3, -0.25) is 4.79 Å². The lowest BCUT2D eigenvalue weighted by molar-refractivity contribution is 0.0991. The number of likely N-dealkylation sites (N-methyl/N-ethyl adjacent to an activating group) is 1. The first-order valence-corrected chi connectivity index (χ1v) is 6.53. The van der Waals surface area contributed by atoms with E-state index in [-0.39, 0.29) is 11.9 Å². The Kier molecular flexibility index (Phi) is 4.20. The van der Waals surface area contributed by atoms with Crippen molar-refractivity contribution in [1.29, 1.82) is 0 Å². The molecule has 1 aromatic rings. The normalized spacial score (nSPS) is 17.6. The van der Waals surface area contributed by atoms with Gasteiger partial charge in [-0.05, 0) is 31.2 Å². The first-order chi connectivity index (χ1) is 8.74. The summed E-state index contributed by atoms with van der Waals surface area (Å²) >= 11 is 0. The Morgan fingerprint density at radius 3 is 3.06 bits per heavy atom. The van der Waals surface area contributed by atoms with E-state index in [1.807, 2.05) is 25.1 Å². The van der Waals surface area contributed by atoms with Crippen LogP contribution in [-0.2, 0) is 0 Å². The second kappa shape index (κ2) is 5.87. The summed E-state index contributed by atoms with van der Waals surface area (Å²) < 4.78 is 5.81. The summed E-state index contributed by atoms with van der Waals surface area (Å²) in [6, 6.07) is 5.59. The van der Waals surface area contributed by atoms with Crippen LogP contribution in [0.25, 0.3) is 0 Å². The molecule has 2 rings (SSSR count). The Balaban J connectivity index is 2.11. The standard InChI is InChI=1S/C14H20N2O2/c1-3-11-8-16-12-7-10(5-6-14(12)18-11)13(17)9-15-4-2/h5-7,11,15-16H,3-4,8-9H2,1-2H3. The lowest BCUT2D eigenvalue weighted by atomic mass is 10.1. The van der Waals surface area contributed by atoms with Crippen LogP contribution in [0.1, 0.15) is 30.6 Å². The third-order valence-corrected chi connectivity index (χ3v) is 3.11. The number of ketones is 1. The van der Waals surface area contributed by atoms with Gasteiger partial charge in [0.25, 0.3) is 0 Å². The van der Waals surface area contributed by atoms with Crippen LogP contribution in [0, 0.1) is 0 Å². The van der Waals surface area contributed by atoms with Gasteiger partial charge in [0.15, 0.2) is 5.78 Å². The van der Waals surface area contributed by atoms with E-state index in [0.29, 0.717) is 6.54 Å². The van der Waals surface area contributed by atoms with E-state index in [1.54, 1.807) is 0 Å². The van der Waals surface area contributed by atoms with Crippen LogP contribution in [0.15, 0.2) is 18.2 Å². The molecule has 0 aliphatic carbocycles. The fourth-order valence-electron chi connectivity index (χ4n) is 1.96. The molecule has 0 bridgehead atoms. The van der Waals surface area contributed by atoms with Crippen LogP contribution in [-0.4, -0.2) is 31.5 Å². The molecule has 1 heterocycles. The summed E-state index contributed by atoms with van der Waals surface area (Å²) in [6.45, 7) is 6.07. The van der Waals surface area contributed by atoms with E-state index in [2.05, 4.69) is 17.6 Å². The molecule has 1 aliphatic heterocycles. The number of carbonyl (C=O) groups is 1. The van der Waals surface area contributed by atoms with Crippen molar-refractivity contribution >= 4 is 11.5 Å². The second-order valence-corrected chi connectivity index (χ2v) is 4.44. The molecule has 1 aliphatic rings. The summed E-state index contributed by atoms with van der Waals surface area (Å²) in [4.78, 5) is 11.9. The van der Waals surface area contributed by atoms with Gasteiger partial charge in [0, 0.05) is 5.56 Å². The van der Waals surface area contributed by atoms with Crippen LogP contribution in [0.3, 0.4) is 0 Å². The lowest BCUT2D eigenvalue weighted by Crippen LogP contribution is -2.30. The lowest BCUT2D eigenvalue weighted by Gasteiger charge is -2.26. The molecule has 0 aromatic heterocycles. The first-order valence-electron chi connectivity index (χ1n) is 6.53. The van der Waals surface area contributed by atoms with Crippen molar-refractivity contribution < 1.29 is 9.53 Å². The molecule has 0 spiro atoms. The van der Waals surface area contributed by atoms with E-state index in [1.165, 1.54) is 0 Å². The molecule has 4 heteroatoms. The van der Waals surface area contributed by atoms with E-state index in [0.717, 1.165) is 36.5 Å². The van der Waals surface area contributed by atoms with Crippen molar-refractivity contribution in [2.45, 2.75) is 26.4 Å². The molecular weight excluding hydrogens is 228 g/mol. The molecule has 98 valence electrons. The smallest absolute Gasteiger partial charge is 0.176 e. The highest BCUT2D eigenvalue weighted by Crippen LogP contribution is 2.30. The van der Waals surface area contributed by atoms with Crippen LogP contribution in [0.5, 0.6) is 5.75 Å². The number of carbonyl (C=O) groups excluding carboxylic acids is 1. The number of fused-ring (bicyclic) bond motifs is 1. The van der Waals surface area contributed by atoms with Gasteiger partial charge in [-0.15, -0.1) is 0 Å². The zero-order chi connectivity index (χ0) is 13.0. The van der Waals surface area contributed by atoms with Crippen molar-refractivity contribution in [2.24, 2.45) is 0 Å². The predicted octanol–water partition coefficient (Wildman–Crippen LogP) is 2.06. The molecule has 4 nitrogen and oxygen atoms in total. The summed E-state index contributed by atoms with van der Waals surface area (Å²) in [5.41, 5.74) is 1.64. The number of rotatable bonds is 5. The average molecular weight is 248 g/mol. The Morgan fingerprint density at radius 1 is 1.50 bits per heavy atom. The molecule has 1 aromatic carbocycles. The molecule has 0 saturated carbocycles. The van der Waals surface area contributed by atoms with Crippen molar-refractivity contribution in [3.05, 3.63) is 23.8 Å². The maximum Gasteiger partial charge on any atom is 0.176 e. The minimum atomic E-state index is 0.110. The minimum absolute atomic E-state index is 0.110. The monoisotopic (exact) mass is 248 g/mol. The number of hydrogen-bond donors (Lipinski definition) is 2. The van der Waals surface area contributed by atoms with Gasteiger partial charge in [0.2, 0.25) is 0 Å². The van der Waals surface area contributed by atoms with E-state index in [9.17, 15) is 4.79 Å². The molecule has 0 fully saturated rings. The van der Waals surface area contributed by atoms with Gasteiger partial charge < -0.3 is 15.4 Å². The third kappa shape index (κ3) is 2.82. The van der Waals surface area contributed by atoms with Crippen LogP contribution in [0.2, 0.25) is 0 Å². The maximum atomic E-state index is 11.9. The summed E-state index contributed by atoms with van der Waals surface area (Å²) in [6.07, 6.45) is 1.20. The van der Waals surface area contributed by atoms with Gasteiger partial charge in [-0.2, -0.15) is 0 Å². The van der Waals surface area contributed by atoms with Crippen molar-refractivity contribution in [3.8, 4) is 5.75 Å². The number of Topliss-reactive ketones (excluding diaryl/α,β-unsaturated/α-hetero) is 1. The van der Waals surface area contributed by atoms with Crippen molar-refractivity contribution in [2.75, 3.05) is 25.0 Å². The van der Waals surface area contributed by atoms with Crippen molar-refractivity contribution in [1.82, 2.24) is 5.32 Å².